The van der Waals surface area contributed by atoms with Crippen molar-refractivity contribution in [2.24, 2.45) is 5.92 Å². The van der Waals surface area contributed by atoms with Gasteiger partial charge in [0.05, 0.1) is 25.7 Å². The zero-order valence-electron chi connectivity index (χ0n) is 13.0. The number of hydrogen-bond donors (Lipinski definition) is 0. The van der Waals surface area contributed by atoms with Crippen LogP contribution in [-0.4, -0.2) is 39.0 Å². The molecule has 22 heavy (non-hydrogen) atoms. The average molecular weight is 306 g/mol. The van der Waals surface area contributed by atoms with Gasteiger partial charge >= 0.3 is 5.97 Å². The molecular weight excluding hydrogens is 284 g/mol. The summed E-state index contributed by atoms with van der Waals surface area (Å²) in [7, 11) is 1.63. The van der Waals surface area contributed by atoms with Crippen LogP contribution in [0.5, 0.6) is 11.5 Å². The number of carbonyl (C=O) groups is 1. The molecule has 1 aliphatic heterocycles. The molecule has 0 aromatic heterocycles. The predicted octanol–water partition coefficient (Wildman–Crippen LogP) is 2.53. The Hall–Kier alpha value is -1.75. The van der Waals surface area contributed by atoms with Gasteiger partial charge in [0.2, 0.25) is 0 Å². The molecule has 2 aliphatic rings. The lowest BCUT2D eigenvalue weighted by atomic mass is 10.1. The highest BCUT2D eigenvalue weighted by molar-refractivity contribution is 5.78. The molecule has 3 unspecified atom stereocenters. The second-order valence-electron chi connectivity index (χ2n) is 5.67. The van der Waals surface area contributed by atoms with Gasteiger partial charge in [-0.15, -0.1) is 0 Å². The van der Waals surface area contributed by atoms with E-state index >= 15 is 0 Å². The Labute approximate surface area is 130 Å². The highest BCUT2D eigenvalue weighted by Crippen LogP contribution is 2.52. The fraction of sp³-hybridized carbons (Fsp3) is 0.588. The van der Waals surface area contributed by atoms with E-state index in [4.69, 9.17) is 18.9 Å². The highest BCUT2D eigenvalue weighted by Gasteiger charge is 2.47. The van der Waals surface area contributed by atoms with Crippen LogP contribution in [0.25, 0.3) is 0 Å². The van der Waals surface area contributed by atoms with Gasteiger partial charge < -0.3 is 18.9 Å². The maximum absolute atomic E-state index is 11.9. The van der Waals surface area contributed by atoms with Gasteiger partial charge in [0.15, 0.2) is 11.5 Å². The van der Waals surface area contributed by atoms with Gasteiger partial charge in [-0.05, 0) is 19.4 Å². The first-order chi connectivity index (χ1) is 10.7. The van der Waals surface area contributed by atoms with E-state index < -0.39 is 0 Å². The molecule has 0 radical (unpaired) electrons. The molecule has 1 aliphatic carbocycles. The van der Waals surface area contributed by atoms with Crippen molar-refractivity contribution in [2.45, 2.75) is 31.8 Å². The molecule has 5 heteroatoms. The molecule has 0 bridgehead atoms. The van der Waals surface area contributed by atoms with Crippen LogP contribution in [0.3, 0.4) is 0 Å². The first-order valence-corrected chi connectivity index (χ1v) is 7.82. The zero-order valence-corrected chi connectivity index (χ0v) is 13.0. The number of esters is 1. The third-order valence-electron chi connectivity index (χ3n) is 4.22. The van der Waals surface area contributed by atoms with Crippen LogP contribution < -0.4 is 9.47 Å². The molecular formula is C17H22O5. The predicted molar refractivity (Wildman–Crippen MR) is 80.3 cm³/mol. The number of ether oxygens (including phenoxy) is 4. The van der Waals surface area contributed by atoms with Crippen molar-refractivity contribution in [2.75, 3.05) is 26.9 Å². The number of para-hydroxylation sites is 1. The highest BCUT2D eigenvalue weighted by atomic mass is 16.6. The third-order valence-corrected chi connectivity index (χ3v) is 4.22. The quantitative estimate of drug-likeness (QED) is 0.725. The largest absolute Gasteiger partial charge is 0.493 e. The van der Waals surface area contributed by atoms with Crippen molar-refractivity contribution in [3.8, 4) is 11.5 Å². The van der Waals surface area contributed by atoms with E-state index in [0.29, 0.717) is 19.0 Å². The molecule has 1 aromatic carbocycles. The van der Waals surface area contributed by atoms with Crippen molar-refractivity contribution in [1.82, 2.24) is 0 Å². The van der Waals surface area contributed by atoms with Crippen LogP contribution in [0, 0.1) is 5.92 Å². The Morgan fingerprint density at radius 2 is 2.23 bits per heavy atom. The van der Waals surface area contributed by atoms with Crippen LogP contribution >= 0.6 is 0 Å². The monoisotopic (exact) mass is 306 g/mol. The molecule has 1 saturated carbocycles. The number of hydrogen-bond acceptors (Lipinski definition) is 5. The molecule has 1 aromatic rings. The van der Waals surface area contributed by atoms with Gasteiger partial charge in [0, 0.05) is 24.5 Å². The summed E-state index contributed by atoms with van der Waals surface area (Å²) in [6.07, 6.45) is 2.00. The molecule has 1 saturated heterocycles. The number of methoxy groups -OCH3 is 1. The van der Waals surface area contributed by atoms with Gasteiger partial charge in [0.25, 0.3) is 0 Å². The Kier molecular flexibility index (Phi) is 4.52. The first-order valence-electron chi connectivity index (χ1n) is 7.82. The van der Waals surface area contributed by atoms with E-state index in [1.807, 2.05) is 25.1 Å². The van der Waals surface area contributed by atoms with Crippen LogP contribution in [0.15, 0.2) is 18.2 Å². The average Bonchev–Trinajstić information content (AvgIpc) is 3.26. The standard InChI is InChI=1S/C17H22O5/c1-3-20-17(18)14-9-13(14)12-5-4-6-15(19-2)16(12)22-10-11-7-8-21-11/h4-6,11,13-14H,3,7-10H2,1-2H3. The molecule has 2 fully saturated rings. The van der Waals surface area contributed by atoms with E-state index in [0.717, 1.165) is 30.8 Å². The maximum atomic E-state index is 11.9. The minimum absolute atomic E-state index is 0.0608. The topological polar surface area (TPSA) is 54.0 Å². The summed E-state index contributed by atoms with van der Waals surface area (Å²) < 4.78 is 21.9. The Morgan fingerprint density at radius 3 is 2.86 bits per heavy atom. The second-order valence-corrected chi connectivity index (χ2v) is 5.67. The summed E-state index contributed by atoms with van der Waals surface area (Å²) in [6, 6.07) is 5.81. The second kappa shape index (κ2) is 6.57. The van der Waals surface area contributed by atoms with Crippen LogP contribution in [0.4, 0.5) is 0 Å². The summed E-state index contributed by atoms with van der Waals surface area (Å²) in [6.45, 7) is 3.57. The van der Waals surface area contributed by atoms with Gasteiger partial charge in [0.1, 0.15) is 6.61 Å². The van der Waals surface area contributed by atoms with Gasteiger partial charge in [-0.25, -0.2) is 0 Å². The van der Waals surface area contributed by atoms with Crippen LogP contribution in [0.2, 0.25) is 0 Å². The van der Waals surface area contributed by atoms with E-state index in [1.54, 1.807) is 7.11 Å². The van der Waals surface area contributed by atoms with Crippen molar-refractivity contribution < 1.29 is 23.7 Å². The number of carbonyl (C=O) groups excluding carboxylic acids is 1. The molecule has 0 amide bonds. The zero-order chi connectivity index (χ0) is 15.5. The fourth-order valence-corrected chi connectivity index (χ4v) is 2.78. The SMILES string of the molecule is CCOC(=O)C1CC1c1cccc(OC)c1OCC1CCO1. The normalized spacial score (nSPS) is 26.0. The molecule has 0 spiro atoms. The summed E-state index contributed by atoms with van der Waals surface area (Å²) in [5, 5.41) is 0. The molecule has 3 atom stereocenters. The molecule has 3 rings (SSSR count). The van der Waals surface area contributed by atoms with Crippen LogP contribution in [0.1, 0.15) is 31.2 Å². The first kappa shape index (κ1) is 15.2. The lowest BCUT2D eigenvalue weighted by Gasteiger charge is -2.27. The molecule has 1 heterocycles. The van der Waals surface area contributed by atoms with Gasteiger partial charge in [-0.1, -0.05) is 12.1 Å². The molecule has 120 valence electrons. The van der Waals surface area contributed by atoms with E-state index in [-0.39, 0.29) is 23.9 Å². The number of benzene rings is 1. The Morgan fingerprint density at radius 1 is 1.41 bits per heavy atom. The van der Waals surface area contributed by atoms with Crippen molar-refractivity contribution >= 4 is 5.97 Å². The van der Waals surface area contributed by atoms with Gasteiger partial charge in [-0.2, -0.15) is 0 Å². The lowest BCUT2D eigenvalue weighted by molar-refractivity contribution is -0.144. The summed E-state index contributed by atoms with van der Waals surface area (Å²) in [4.78, 5) is 11.9. The van der Waals surface area contributed by atoms with E-state index in [9.17, 15) is 4.79 Å². The molecule has 0 N–H and O–H groups in total. The summed E-state index contributed by atoms with van der Waals surface area (Å²) in [5.41, 5.74) is 1.02. The van der Waals surface area contributed by atoms with Crippen LogP contribution in [-0.2, 0) is 14.3 Å². The smallest absolute Gasteiger partial charge is 0.309 e. The Balaban J connectivity index is 1.74. The van der Waals surface area contributed by atoms with E-state index in [2.05, 4.69) is 0 Å². The van der Waals surface area contributed by atoms with Crippen molar-refractivity contribution in [3.05, 3.63) is 23.8 Å². The fourth-order valence-electron chi connectivity index (χ4n) is 2.78. The Bertz CT molecular complexity index is 538. The summed E-state index contributed by atoms with van der Waals surface area (Å²) in [5.74, 6) is 1.41. The minimum Gasteiger partial charge on any atom is -0.493 e. The maximum Gasteiger partial charge on any atom is 0.309 e. The third kappa shape index (κ3) is 3.04. The van der Waals surface area contributed by atoms with E-state index in [1.165, 1.54) is 0 Å². The van der Waals surface area contributed by atoms with Gasteiger partial charge in [-0.3, -0.25) is 4.79 Å². The van der Waals surface area contributed by atoms with Crippen molar-refractivity contribution in [3.63, 3.8) is 0 Å². The van der Waals surface area contributed by atoms with Crippen molar-refractivity contribution in [1.29, 1.82) is 0 Å². The summed E-state index contributed by atoms with van der Waals surface area (Å²) >= 11 is 0. The number of rotatable bonds is 7. The molecule has 5 nitrogen and oxygen atoms in total. The lowest BCUT2D eigenvalue weighted by Crippen LogP contribution is -2.32. The minimum atomic E-state index is -0.122.